The smallest absolute Gasteiger partial charge is 0.136 e. The zero-order valence-corrected chi connectivity index (χ0v) is 6.54. The van der Waals surface area contributed by atoms with Gasteiger partial charge in [0.05, 0.1) is 0 Å². The second-order valence-electron chi connectivity index (χ2n) is 2.52. The van der Waals surface area contributed by atoms with Crippen LogP contribution in [0.25, 0.3) is 0 Å². The fourth-order valence-corrected chi connectivity index (χ4v) is 2.01. The van der Waals surface area contributed by atoms with Crippen LogP contribution in [0, 0.1) is 5.92 Å². The number of hydrogen-bond donors (Lipinski definition) is 0. The third-order valence-corrected chi connectivity index (χ3v) is 2.75. The Bertz CT molecular complexity index is 111. The molecular formula is C7H12OS. The van der Waals surface area contributed by atoms with Crippen molar-refractivity contribution in [2.45, 2.75) is 19.8 Å². The summed E-state index contributed by atoms with van der Waals surface area (Å²) in [7, 11) is 0. The van der Waals surface area contributed by atoms with Crippen molar-refractivity contribution in [2.75, 3.05) is 11.5 Å². The number of Topliss-reactive ketones (excluding diaryl/α,β-unsaturated/α-hetero) is 1. The van der Waals surface area contributed by atoms with Crippen LogP contribution in [0.5, 0.6) is 0 Å². The van der Waals surface area contributed by atoms with Gasteiger partial charge in [-0.2, -0.15) is 11.8 Å². The second-order valence-corrected chi connectivity index (χ2v) is 3.74. The summed E-state index contributed by atoms with van der Waals surface area (Å²) in [5, 5.41) is 0. The molecule has 0 radical (unpaired) electrons. The summed E-state index contributed by atoms with van der Waals surface area (Å²) in [6.45, 7) is 2.04. The van der Waals surface area contributed by atoms with E-state index in [0.717, 1.165) is 18.6 Å². The predicted molar refractivity (Wildman–Crippen MR) is 40.7 cm³/mol. The third-order valence-electron chi connectivity index (χ3n) is 1.74. The van der Waals surface area contributed by atoms with E-state index >= 15 is 0 Å². The Morgan fingerprint density at radius 1 is 1.56 bits per heavy atom. The molecule has 1 nitrogen and oxygen atoms in total. The number of carbonyl (C=O) groups is 1. The van der Waals surface area contributed by atoms with Gasteiger partial charge in [-0.1, -0.05) is 6.92 Å². The maximum Gasteiger partial charge on any atom is 0.136 e. The number of thioether (sulfide) groups is 1. The van der Waals surface area contributed by atoms with Crippen molar-refractivity contribution in [3.8, 4) is 0 Å². The lowest BCUT2D eigenvalue weighted by Gasteiger charge is -2.01. The van der Waals surface area contributed by atoms with Gasteiger partial charge in [0.2, 0.25) is 0 Å². The fraction of sp³-hybridized carbons (Fsp3) is 0.857. The Balaban J connectivity index is 2.41. The third kappa shape index (κ3) is 2.01. The second kappa shape index (κ2) is 3.25. The maximum atomic E-state index is 11.0. The van der Waals surface area contributed by atoms with E-state index in [2.05, 4.69) is 0 Å². The maximum absolute atomic E-state index is 11.0. The van der Waals surface area contributed by atoms with Crippen molar-refractivity contribution in [2.24, 2.45) is 5.92 Å². The zero-order chi connectivity index (χ0) is 6.69. The van der Waals surface area contributed by atoms with E-state index in [1.165, 1.54) is 5.75 Å². The molecule has 1 aliphatic rings. The minimum Gasteiger partial charge on any atom is -0.299 e. The van der Waals surface area contributed by atoms with Crippen LogP contribution in [-0.2, 0) is 4.79 Å². The Morgan fingerprint density at radius 3 is 3.11 bits per heavy atom. The quantitative estimate of drug-likeness (QED) is 0.515. The van der Waals surface area contributed by atoms with Crippen molar-refractivity contribution >= 4 is 17.5 Å². The summed E-state index contributed by atoms with van der Waals surface area (Å²) in [6.07, 6.45) is 1.88. The van der Waals surface area contributed by atoms with Gasteiger partial charge in [-0.25, -0.2) is 0 Å². The van der Waals surface area contributed by atoms with Gasteiger partial charge in [0.15, 0.2) is 0 Å². The molecule has 1 rings (SSSR count). The molecule has 1 aliphatic heterocycles. The summed E-state index contributed by atoms with van der Waals surface area (Å²) in [5.41, 5.74) is 0. The van der Waals surface area contributed by atoms with Crippen molar-refractivity contribution in [1.82, 2.24) is 0 Å². The van der Waals surface area contributed by atoms with E-state index in [1.807, 2.05) is 18.7 Å². The molecule has 0 saturated carbocycles. The molecule has 1 atom stereocenters. The van der Waals surface area contributed by atoms with E-state index in [1.54, 1.807) is 0 Å². The molecule has 52 valence electrons. The lowest BCUT2D eigenvalue weighted by molar-refractivity contribution is -0.121. The molecule has 0 bridgehead atoms. The van der Waals surface area contributed by atoms with Gasteiger partial charge < -0.3 is 0 Å². The summed E-state index contributed by atoms with van der Waals surface area (Å²) >= 11 is 1.90. The first kappa shape index (κ1) is 7.13. The van der Waals surface area contributed by atoms with Crippen molar-refractivity contribution in [3.63, 3.8) is 0 Å². The van der Waals surface area contributed by atoms with Gasteiger partial charge in [-0.15, -0.1) is 0 Å². The molecular weight excluding hydrogens is 132 g/mol. The van der Waals surface area contributed by atoms with Crippen LogP contribution in [0.2, 0.25) is 0 Å². The SMILES string of the molecule is CC1CCSCCC1=O. The van der Waals surface area contributed by atoms with Gasteiger partial charge in [0, 0.05) is 18.1 Å². The minimum absolute atomic E-state index is 0.333. The predicted octanol–water partition coefficient (Wildman–Crippen LogP) is 1.72. The summed E-state index contributed by atoms with van der Waals surface area (Å²) in [6, 6.07) is 0. The molecule has 1 saturated heterocycles. The van der Waals surface area contributed by atoms with Gasteiger partial charge in [0.25, 0.3) is 0 Å². The summed E-state index contributed by atoms with van der Waals surface area (Å²) in [5.74, 6) is 3.01. The molecule has 1 unspecified atom stereocenters. The Morgan fingerprint density at radius 2 is 2.33 bits per heavy atom. The number of hydrogen-bond acceptors (Lipinski definition) is 2. The molecule has 1 heterocycles. The van der Waals surface area contributed by atoms with Crippen LogP contribution in [-0.4, -0.2) is 17.3 Å². The lowest BCUT2D eigenvalue weighted by Crippen LogP contribution is -2.08. The van der Waals surface area contributed by atoms with Gasteiger partial charge >= 0.3 is 0 Å². The Kier molecular flexibility index (Phi) is 2.58. The average Bonchev–Trinajstić information content (AvgIpc) is 1.99. The average molecular weight is 144 g/mol. The summed E-state index contributed by atoms with van der Waals surface area (Å²) < 4.78 is 0. The van der Waals surface area contributed by atoms with Crippen LogP contribution in [0.3, 0.4) is 0 Å². The van der Waals surface area contributed by atoms with Crippen LogP contribution < -0.4 is 0 Å². The molecule has 9 heavy (non-hydrogen) atoms. The molecule has 0 aromatic carbocycles. The Labute approximate surface area is 60.2 Å². The molecule has 0 aliphatic carbocycles. The van der Waals surface area contributed by atoms with Crippen molar-refractivity contribution in [1.29, 1.82) is 0 Å². The monoisotopic (exact) mass is 144 g/mol. The highest BCUT2D eigenvalue weighted by atomic mass is 32.2. The topological polar surface area (TPSA) is 17.1 Å². The molecule has 0 aromatic heterocycles. The fourth-order valence-electron chi connectivity index (χ4n) is 0.942. The highest BCUT2D eigenvalue weighted by Crippen LogP contribution is 2.18. The van der Waals surface area contributed by atoms with E-state index in [9.17, 15) is 4.79 Å². The highest BCUT2D eigenvalue weighted by molar-refractivity contribution is 7.99. The lowest BCUT2D eigenvalue weighted by atomic mass is 10.0. The first-order chi connectivity index (χ1) is 4.30. The van der Waals surface area contributed by atoms with Crippen LogP contribution in [0.4, 0.5) is 0 Å². The van der Waals surface area contributed by atoms with Gasteiger partial charge in [0.1, 0.15) is 5.78 Å². The Hall–Kier alpha value is 0.0200. The number of rotatable bonds is 0. The molecule has 1 fully saturated rings. The minimum atomic E-state index is 0.333. The van der Waals surface area contributed by atoms with E-state index in [4.69, 9.17) is 0 Å². The van der Waals surface area contributed by atoms with Crippen LogP contribution in [0.1, 0.15) is 19.8 Å². The molecule has 0 spiro atoms. The van der Waals surface area contributed by atoms with Crippen molar-refractivity contribution in [3.05, 3.63) is 0 Å². The van der Waals surface area contributed by atoms with Crippen molar-refractivity contribution < 1.29 is 4.79 Å². The molecule has 0 aromatic rings. The molecule has 0 amide bonds. The van der Waals surface area contributed by atoms with Crippen LogP contribution in [0.15, 0.2) is 0 Å². The standard InChI is InChI=1S/C7H12OS/c1-6-2-4-9-5-3-7(6)8/h6H,2-5H2,1H3. The number of ketones is 1. The largest absolute Gasteiger partial charge is 0.299 e. The van der Waals surface area contributed by atoms with Crippen LogP contribution >= 0.6 is 11.8 Å². The van der Waals surface area contributed by atoms with E-state index in [-0.39, 0.29) is 0 Å². The first-order valence-electron chi connectivity index (χ1n) is 3.41. The number of carbonyl (C=O) groups excluding carboxylic acids is 1. The van der Waals surface area contributed by atoms with E-state index in [0.29, 0.717) is 11.7 Å². The molecule has 0 N–H and O–H groups in total. The molecule has 2 heteroatoms. The van der Waals surface area contributed by atoms with E-state index < -0.39 is 0 Å². The van der Waals surface area contributed by atoms with Gasteiger partial charge in [-0.05, 0) is 12.2 Å². The zero-order valence-electron chi connectivity index (χ0n) is 5.72. The normalized spacial score (nSPS) is 29.9. The first-order valence-corrected chi connectivity index (χ1v) is 4.56. The van der Waals surface area contributed by atoms with Gasteiger partial charge in [-0.3, -0.25) is 4.79 Å². The summed E-state index contributed by atoms with van der Waals surface area (Å²) in [4.78, 5) is 11.0. The highest BCUT2D eigenvalue weighted by Gasteiger charge is 2.15.